The van der Waals surface area contributed by atoms with Gasteiger partial charge in [0.25, 0.3) is 0 Å². The molecule has 0 heterocycles. The van der Waals surface area contributed by atoms with E-state index in [4.69, 9.17) is 0 Å². The van der Waals surface area contributed by atoms with Crippen LogP contribution in [0.25, 0.3) is 0 Å². The van der Waals surface area contributed by atoms with Gasteiger partial charge in [-0.3, -0.25) is 4.21 Å². The second-order valence-electron chi connectivity index (χ2n) is 1.50. The van der Waals surface area contributed by atoms with Crippen molar-refractivity contribution in [1.82, 2.24) is 0 Å². The van der Waals surface area contributed by atoms with Crippen molar-refractivity contribution in [3.8, 4) is 0 Å². The number of hydrogen-bond donors (Lipinski definition) is 0. The Morgan fingerprint density at radius 3 is 2.00 bits per heavy atom. The molecule has 56 valence electrons. The minimum absolute atomic E-state index is 0.288. The first kappa shape index (κ1) is 8.94. The summed E-state index contributed by atoms with van der Waals surface area (Å²) in [5, 5.41) is 0. The Morgan fingerprint density at radius 2 is 1.89 bits per heavy atom. The Morgan fingerprint density at radius 1 is 1.44 bits per heavy atom. The van der Waals surface area contributed by atoms with Crippen LogP contribution in [0.5, 0.6) is 0 Å². The van der Waals surface area contributed by atoms with Crippen LogP contribution in [0.1, 0.15) is 13.3 Å². The number of hydrogen-bond acceptors (Lipinski definition) is 1. The van der Waals surface area contributed by atoms with Crippen molar-refractivity contribution in [3.05, 3.63) is 0 Å². The number of halogens is 3. The lowest BCUT2D eigenvalue weighted by atomic mass is 10.6. The van der Waals surface area contributed by atoms with E-state index in [0.717, 1.165) is 0 Å². The monoisotopic (exact) mass is 160 g/mol. The number of alkyl halides is 3. The van der Waals surface area contributed by atoms with Gasteiger partial charge in [0.2, 0.25) is 0 Å². The summed E-state index contributed by atoms with van der Waals surface area (Å²) in [6.45, 7) is 1.56. The smallest absolute Gasteiger partial charge is 0.251 e. The molecule has 0 saturated carbocycles. The summed E-state index contributed by atoms with van der Waals surface area (Å²) in [4.78, 5) is 0. The van der Waals surface area contributed by atoms with Crippen LogP contribution < -0.4 is 0 Å². The normalized spacial score (nSPS) is 15.6. The molecule has 1 nitrogen and oxygen atoms in total. The Bertz CT molecular complexity index is 109. The maximum atomic E-state index is 11.3. The zero-order valence-electron chi connectivity index (χ0n) is 4.86. The molecule has 0 radical (unpaired) electrons. The van der Waals surface area contributed by atoms with Gasteiger partial charge in [-0.25, -0.2) is 0 Å². The molecule has 0 aliphatic rings. The van der Waals surface area contributed by atoms with Gasteiger partial charge in [-0.15, -0.1) is 0 Å². The predicted molar refractivity (Wildman–Crippen MR) is 29.4 cm³/mol. The van der Waals surface area contributed by atoms with E-state index in [1.165, 1.54) is 0 Å². The summed E-state index contributed by atoms with van der Waals surface area (Å²) in [6, 6.07) is 0. The minimum Gasteiger partial charge on any atom is -0.251 e. The Labute approximate surface area is 53.7 Å². The lowest BCUT2D eigenvalue weighted by Gasteiger charge is -2.02. The van der Waals surface area contributed by atoms with Crippen molar-refractivity contribution in [1.29, 1.82) is 0 Å². The summed E-state index contributed by atoms with van der Waals surface area (Å²) in [6.07, 6.45) is 0.298. The van der Waals surface area contributed by atoms with Crippen molar-refractivity contribution in [2.75, 3.05) is 5.75 Å². The fourth-order valence-electron chi connectivity index (χ4n) is 0.301. The minimum atomic E-state index is -4.52. The molecule has 0 aliphatic carbocycles. The molecule has 0 fully saturated rings. The Hall–Kier alpha value is -0.0600. The molecule has 0 saturated heterocycles. The van der Waals surface area contributed by atoms with Gasteiger partial charge in [0.05, 0.1) is 0 Å². The molecule has 0 aliphatic heterocycles. The average Bonchev–Trinajstić information content (AvgIpc) is 1.64. The van der Waals surface area contributed by atoms with Gasteiger partial charge < -0.3 is 0 Å². The van der Waals surface area contributed by atoms with Crippen molar-refractivity contribution < 1.29 is 17.4 Å². The first-order valence-corrected chi connectivity index (χ1v) is 3.75. The molecule has 1 unspecified atom stereocenters. The molecule has 0 rings (SSSR count). The third-order valence-corrected chi connectivity index (χ3v) is 1.94. The zero-order chi connectivity index (χ0) is 7.49. The molecule has 0 aromatic rings. The second kappa shape index (κ2) is 3.20. The van der Waals surface area contributed by atoms with Crippen molar-refractivity contribution in [2.24, 2.45) is 0 Å². The van der Waals surface area contributed by atoms with Gasteiger partial charge in [-0.2, -0.15) is 13.2 Å². The largest absolute Gasteiger partial charge is 0.471 e. The maximum absolute atomic E-state index is 11.3. The summed E-state index contributed by atoms with van der Waals surface area (Å²) < 4.78 is 44.1. The molecule has 1 atom stereocenters. The zero-order valence-corrected chi connectivity index (χ0v) is 5.68. The third kappa shape index (κ3) is 3.51. The third-order valence-electron chi connectivity index (χ3n) is 0.648. The molecule has 0 spiro atoms. The fraction of sp³-hybridized carbons (Fsp3) is 1.00. The summed E-state index contributed by atoms with van der Waals surface area (Å²) in [5.41, 5.74) is -4.52. The molecular weight excluding hydrogens is 153 g/mol. The van der Waals surface area contributed by atoms with Gasteiger partial charge >= 0.3 is 5.51 Å². The van der Waals surface area contributed by atoms with Crippen molar-refractivity contribution >= 4 is 10.8 Å². The van der Waals surface area contributed by atoms with E-state index >= 15 is 0 Å². The van der Waals surface area contributed by atoms with E-state index in [0.29, 0.717) is 6.42 Å². The van der Waals surface area contributed by atoms with E-state index in [1.54, 1.807) is 6.92 Å². The van der Waals surface area contributed by atoms with Crippen LogP contribution in [0.4, 0.5) is 13.2 Å². The molecule has 0 aromatic carbocycles. The van der Waals surface area contributed by atoms with Crippen LogP contribution in [0.3, 0.4) is 0 Å². The fourth-order valence-corrected chi connectivity index (χ4v) is 0.903. The van der Waals surface area contributed by atoms with E-state index in [-0.39, 0.29) is 5.75 Å². The molecule has 0 N–H and O–H groups in total. The van der Waals surface area contributed by atoms with Gasteiger partial charge in [0.15, 0.2) is 0 Å². The summed E-state index contributed by atoms with van der Waals surface area (Å²) >= 11 is 0. The van der Waals surface area contributed by atoms with E-state index < -0.39 is 16.3 Å². The van der Waals surface area contributed by atoms with Crippen molar-refractivity contribution in [3.63, 3.8) is 0 Å². The van der Waals surface area contributed by atoms with Crippen LogP contribution in [0.15, 0.2) is 0 Å². The Kier molecular flexibility index (Phi) is 3.17. The van der Waals surface area contributed by atoms with E-state index in [2.05, 4.69) is 0 Å². The standard InChI is InChI=1S/C4H7F3OS/c1-2-3-9(8)4(5,6)7/h2-3H2,1H3. The molecule has 0 amide bonds. The lowest BCUT2D eigenvalue weighted by Crippen LogP contribution is -2.18. The van der Waals surface area contributed by atoms with Crippen LogP contribution in [-0.4, -0.2) is 15.5 Å². The topological polar surface area (TPSA) is 17.1 Å². The van der Waals surface area contributed by atoms with Crippen molar-refractivity contribution in [2.45, 2.75) is 18.9 Å². The highest BCUT2D eigenvalue weighted by molar-refractivity contribution is 7.85. The average molecular weight is 160 g/mol. The highest BCUT2D eigenvalue weighted by Crippen LogP contribution is 2.19. The highest BCUT2D eigenvalue weighted by atomic mass is 32.2. The number of rotatable bonds is 2. The molecule has 9 heavy (non-hydrogen) atoms. The van der Waals surface area contributed by atoms with Gasteiger partial charge in [0, 0.05) is 5.75 Å². The maximum Gasteiger partial charge on any atom is 0.471 e. The Balaban J connectivity index is 3.74. The quantitative estimate of drug-likeness (QED) is 0.600. The molecule has 0 bridgehead atoms. The summed E-state index contributed by atoms with van der Waals surface area (Å²) in [7, 11) is -2.64. The second-order valence-corrected chi connectivity index (χ2v) is 3.06. The van der Waals surface area contributed by atoms with Crippen LogP contribution in [-0.2, 0) is 10.8 Å². The SMILES string of the molecule is CCCS(=O)C(F)(F)F. The highest BCUT2D eigenvalue weighted by Gasteiger charge is 2.35. The lowest BCUT2D eigenvalue weighted by molar-refractivity contribution is -0.0384. The van der Waals surface area contributed by atoms with Gasteiger partial charge in [-0.05, 0) is 6.42 Å². The van der Waals surface area contributed by atoms with Crippen LogP contribution in [0.2, 0.25) is 0 Å². The van der Waals surface area contributed by atoms with Gasteiger partial charge in [0.1, 0.15) is 10.8 Å². The van der Waals surface area contributed by atoms with E-state index in [1.807, 2.05) is 0 Å². The molecule has 0 aromatic heterocycles. The van der Waals surface area contributed by atoms with Crippen LogP contribution in [0, 0.1) is 0 Å². The van der Waals surface area contributed by atoms with E-state index in [9.17, 15) is 17.4 Å². The molecular formula is C4H7F3OS. The summed E-state index contributed by atoms with van der Waals surface area (Å²) in [5.74, 6) is -0.288. The van der Waals surface area contributed by atoms with Crippen LogP contribution >= 0.6 is 0 Å². The first-order valence-electron chi connectivity index (χ1n) is 2.43. The molecule has 5 heteroatoms. The predicted octanol–water partition coefficient (Wildman–Crippen LogP) is 1.66. The first-order chi connectivity index (χ1) is 3.98. The van der Waals surface area contributed by atoms with Gasteiger partial charge in [-0.1, -0.05) is 6.92 Å².